The molecule has 1 aromatic carbocycles. The lowest BCUT2D eigenvalue weighted by atomic mass is 9.84. The molecule has 0 amide bonds. The van der Waals surface area contributed by atoms with E-state index in [1.165, 1.54) is 0 Å². The van der Waals surface area contributed by atoms with Crippen LogP contribution < -0.4 is 10.3 Å². The summed E-state index contributed by atoms with van der Waals surface area (Å²) in [7, 11) is 0. The summed E-state index contributed by atoms with van der Waals surface area (Å²) in [6.45, 7) is 2.03. The van der Waals surface area contributed by atoms with Crippen LogP contribution in [0.15, 0.2) is 33.5 Å². The lowest BCUT2D eigenvalue weighted by Gasteiger charge is -2.23. The fourth-order valence-electron chi connectivity index (χ4n) is 5.07. The minimum absolute atomic E-state index is 0.125. The summed E-state index contributed by atoms with van der Waals surface area (Å²) in [5.74, 6) is 0.830. The van der Waals surface area contributed by atoms with Gasteiger partial charge in [0, 0.05) is 23.9 Å². The van der Waals surface area contributed by atoms with Gasteiger partial charge in [-0.1, -0.05) is 50.5 Å². The Hall–Kier alpha value is -1.96. The Labute approximate surface area is 191 Å². The van der Waals surface area contributed by atoms with Crippen molar-refractivity contribution in [2.45, 2.75) is 83.1 Å². The summed E-state index contributed by atoms with van der Waals surface area (Å²) >= 11 is -2.11. The summed E-state index contributed by atoms with van der Waals surface area (Å²) < 4.78 is 29.3. The first-order valence-electron chi connectivity index (χ1n) is 11.8. The number of nitrogens with one attached hydrogen (secondary N) is 1. The highest BCUT2D eigenvalue weighted by Gasteiger charge is 2.38. The van der Waals surface area contributed by atoms with Crippen LogP contribution in [0.4, 0.5) is 0 Å². The van der Waals surface area contributed by atoms with Crippen molar-refractivity contribution in [2.24, 2.45) is 5.92 Å². The van der Waals surface area contributed by atoms with E-state index >= 15 is 0 Å². The normalized spacial score (nSPS) is 19.4. The van der Waals surface area contributed by atoms with Gasteiger partial charge in [0.2, 0.25) is 11.3 Å². The van der Waals surface area contributed by atoms with Gasteiger partial charge in [0.15, 0.2) is 0 Å². The minimum Gasteiger partial charge on any atom is -0.507 e. The zero-order valence-electron chi connectivity index (χ0n) is 18.6. The van der Waals surface area contributed by atoms with Crippen molar-refractivity contribution >= 4 is 11.3 Å². The number of hydrogen-bond donors (Lipinski definition) is 3. The van der Waals surface area contributed by atoms with Crippen LogP contribution in [-0.2, 0) is 24.1 Å². The number of benzene rings is 1. The van der Waals surface area contributed by atoms with E-state index in [4.69, 9.17) is 4.42 Å². The standard InChI is InChI=1S/C25H33NO5S/c1-2-8-20(26-32(29)30)17-9-7-10-18(15-17)22(16-13-14-16)23-24(27)19-11-5-3-4-6-12-21(19)31-25(23)28/h7,9-10,15-16,20,22,26-27H,2-6,8,11-14H2,1H3,(H,29,30). The number of fused-ring (bicyclic) bond motifs is 1. The highest BCUT2D eigenvalue weighted by molar-refractivity contribution is 7.77. The average molecular weight is 460 g/mol. The Morgan fingerprint density at radius 2 is 1.88 bits per heavy atom. The van der Waals surface area contributed by atoms with Gasteiger partial charge in [-0.2, -0.15) is 0 Å². The molecule has 3 atom stereocenters. The van der Waals surface area contributed by atoms with Crippen LogP contribution >= 0.6 is 0 Å². The van der Waals surface area contributed by atoms with Crippen molar-refractivity contribution in [2.75, 3.05) is 0 Å². The molecule has 4 rings (SSSR count). The molecule has 0 radical (unpaired) electrons. The van der Waals surface area contributed by atoms with Crippen molar-refractivity contribution < 1.29 is 18.3 Å². The van der Waals surface area contributed by atoms with Crippen LogP contribution in [-0.4, -0.2) is 13.9 Å². The second-order valence-electron chi connectivity index (χ2n) is 9.16. The highest BCUT2D eigenvalue weighted by Crippen LogP contribution is 2.49. The Morgan fingerprint density at radius 3 is 2.56 bits per heavy atom. The molecule has 0 aliphatic heterocycles. The van der Waals surface area contributed by atoms with E-state index in [9.17, 15) is 18.7 Å². The maximum atomic E-state index is 13.1. The third-order valence-electron chi connectivity index (χ3n) is 6.79. The quantitative estimate of drug-likeness (QED) is 0.476. The molecule has 6 nitrogen and oxygen atoms in total. The first-order chi connectivity index (χ1) is 15.5. The van der Waals surface area contributed by atoms with Crippen molar-refractivity contribution in [3.8, 4) is 5.75 Å². The first kappa shape index (κ1) is 23.2. The topological polar surface area (TPSA) is 99.8 Å². The van der Waals surface area contributed by atoms with E-state index < -0.39 is 16.9 Å². The zero-order chi connectivity index (χ0) is 22.7. The third kappa shape index (κ3) is 5.16. The van der Waals surface area contributed by atoms with Gasteiger partial charge in [-0.25, -0.2) is 13.7 Å². The van der Waals surface area contributed by atoms with E-state index in [-0.39, 0.29) is 23.6 Å². The predicted octanol–water partition coefficient (Wildman–Crippen LogP) is 5.11. The van der Waals surface area contributed by atoms with Gasteiger partial charge >= 0.3 is 5.63 Å². The molecule has 0 bridgehead atoms. The Bertz CT molecular complexity index is 1030. The number of aryl methyl sites for hydroxylation is 1. The van der Waals surface area contributed by atoms with E-state index in [1.807, 2.05) is 31.2 Å². The molecule has 2 aliphatic carbocycles. The molecule has 32 heavy (non-hydrogen) atoms. The number of aromatic hydroxyl groups is 1. The SMILES string of the molecule is CCCC(NS(=O)O)c1cccc(C(c2c(O)c3c(oc2=O)CCCCCC3)C2CC2)c1. The first-order valence-corrected chi connectivity index (χ1v) is 12.9. The average Bonchev–Trinajstić information content (AvgIpc) is 3.57. The van der Waals surface area contributed by atoms with Crippen LogP contribution in [0.3, 0.4) is 0 Å². The largest absolute Gasteiger partial charge is 0.507 e. The lowest BCUT2D eigenvalue weighted by Crippen LogP contribution is -2.23. The molecular weight excluding hydrogens is 426 g/mol. The van der Waals surface area contributed by atoms with E-state index in [2.05, 4.69) is 4.72 Å². The molecule has 1 fully saturated rings. The minimum atomic E-state index is -2.11. The van der Waals surface area contributed by atoms with Crippen molar-refractivity contribution in [1.82, 2.24) is 4.72 Å². The monoisotopic (exact) mass is 459 g/mol. The molecule has 0 spiro atoms. The van der Waals surface area contributed by atoms with Crippen LogP contribution in [0.5, 0.6) is 5.75 Å². The van der Waals surface area contributed by atoms with Gasteiger partial charge in [0.1, 0.15) is 11.5 Å². The van der Waals surface area contributed by atoms with Gasteiger partial charge in [-0.3, -0.25) is 4.55 Å². The predicted molar refractivity (Wildman–Crippen MR) is 125 cm³/mol. The highest BCUT2D eigenvalue weighted by atomic mass is 32.2. The van der Waals surface area contributed by atoms with Crippen LogP contribution in [0.1, 0.15) is 98.3 Å². The van der Waals surface area contributed by atoms with Gasteiger partial charge in [0.25, 0.3) is 0 Å². The second kappa shape index (κ2) is 10.3. The molecule has 2 aromatic rings. The van der Waals surface area contributed by atoms with E-state index in [0.29, 0.717) is 17.7 Å². The Morgan fingerprint density at radius 1 is 1.16 bits per heavy atom. The van der Waals surface area contributed by atoms with E-state index in [0.717, 1.165) is 74.5 Å². The number of hydrogen-bond acceptors (Lipinski definition) is 4. The molecule has 1 saturated carbocycles. The fourth-order valence-corrected chi connectivity index (χ4v) is 5.57. The van der Waals surface area contributed by atoms with Crippen molar-refractivity contribution in [3.05, 3.63) is 62.7 Å². The summed E-state index contributed by atoms with van der Waals surface area (Å²) in [5, 5.41) is 11.3. The molecule has 2 aliphatic rings. The molecule has 7 heteroatoms. The van der Waals surface area contributed by atoms with Crippen molar-refractivity contribution in [1.29, 1.82) is 0 Å². The lowest BCUT2D eigenvalue weighted by molar-refractivity contribution is 0.382. The smallest absolute Gasteiger partial charge is 0.343 e. The Kier molecular flexibility index (Phi) is 7.48. The maximum Gasteiger partial charge on any atom is 0.343 e. The summed E-state index contributed by atoms with van der Waals surface area (Å²) in [5.41, 5.74) is 2.62. The molecular formula is C25H33NO5S. The number of rotatable bonds is 8. The fraction of sp³-hybridized carbons (Fsp3) is 0.560. The van der Waals surface area contributed by atoms with E-state index in [1.54, 1.807) is 0 Å². The van der Waals surface area contributed by atoms with Crippen molar-refractivity contribution in [3.63, 3.8) is 0 Å². The van der Waals surface area contributed by atoms with Crippen LogP contribution in [0.25, 0.3) is 0 Å². The molecule has 1 aromatic heterocycles. The van der Waals surface area contributed by atoms with Gasteiger partial charge in [-0.15, -0.1) is 0 Å². The van der Waals surface area contributed by atoms with Crippen LogP contribution in [0, 0.1) is 5.92 Å². The second-order valence-corrected chi connectivity index (χ2v) is 9.90. The molecule has 174 valence electrons. The van der Waals surface area contributed by atoms with Gasteiger partial charge in [-0.05, 0) is 55.6 Å². The van der Waals surface area contributed by atoms with Crippen LogP contribution in [0.2, 0.25) is 0 Å². The molecule has 3 unspecified atom stereocenters. The van der Waals surface area contributed by atoms with Gasteiger partial charge < -0.3 is 9.52 Å². The maximum absolute atomic E-state index is 13.1. The van der Waals surface area contributed by atoms with Gasteiger partial charge in [0.05, 0.1) is 5.56 Å². The zero-order valence-corrected chi connectivity index (χ0v) is 19.5. The summed E-state index contributed by atoms with van der Waals surface area (Å²) in [6, 6.07) is 7.61. The molecule has 3 N–H and O–H groups in total. The summed E-state index contributed by atoms with van der Waals surface area (Å²) in [6.07, 6.45) is 9.22. The Balaban J connectivity index is 1.76. The molecule has 1 heterocycles. The third-order valence-corrected chi connectivity index (χ3v) is 7.28. The molecule has 0 saturated heterocycles. The summed E-state index contributed by atoms with van der Waals surface area (Å²) in [4.78, 5) is 13.1.